The van der Waals surface area contributed by atoms with Crippen LogP contribution < -0.4 is 10.6 Å². The van der Waals surface area contributed by atoms with E-state index in [2.05, 4.69) is 49.9 Å². The summed E-state index contributed by atoms with van der Waals surface area (Å²) < 4.78 is 5.80. The van der Waals surface area contributed by atoms with Gasteiger partial charge in [0, 0.05) is 24.8 Å². The average Bonchev–Trinajstić information content (AvgIpc) is 2.27. The molecule has 1 atom stereocenters. The van der Waals surface area contributed by atoms with Gasteiger partial charge >= 0.3 is 0 Å². The van der Waals surface area contributed by atoms with Crippen LogP contribution in [0.5, 0.6) is 0 Å². The Balaban J connectivity index is 2.01. The molecular weight excluding hydrogens is 224 g/mol. The van der Waals surface area contributed by atoms with Crippen molar-refractivity contribution in [3.63, 3.8) is 0 Å². The van der Waals surface area contributed by atoms with E-state index in [4.69, 9.17) is 10.5 Å². The molecule has 1 aromatic carbocycles. The quantitative estimate of drug-likeness (QED) is 0.891. The van der Waals surface area contributed by atoms with Gasteiger partial charge in [-0.3, -0.25) is 0 Å². The predicted molar refractivity (Wildman–Crippen MR) is 76.0 cm³/mol. The van der Waals surface area contributed by atoms with Gasteiger partial charge in [-0.15, -0.1) is 0 Å². The molecule has 3 heteroatoms. The minimum Gasteiger partial charge on any atom is -0.374 e. The van der Waals surface area contributed by atoms with E-state index in [9.17, 15) is 0 Å². The third kappa shape index (κ3) is 3.47. The summed E-state index contributed by atoms with van der Waals surface area (Å²) in [4.78, 5) is 2.34. The molecule has 0 amide bonds. The molecular formula is C15H24N2O. The number of nitrogens with two attached hydrogens (primary N) is 1. The molecule has 0 saturated heterocycles. The van der Waals surface area contributed by atoms with Crippen molar-refractivity contribution in [1.82, 2.24) is 0 Å². The predicted octanol–water partition coefficient (Wildman–Crippen LogP) is 2.19. The Morgan fingerprint density at radius 2 is 2.06 bits per heavy atom. The Morgan fingerprint density at radius 1 is 1.33 bits per heavy atom. The molecule has 0 spiro atoms. The first-order chi connectivity index (χ1) is 8.46. The summed E-state index contributed by atoms with van der Waals surface area (Å²) in [6.07, 6.45) is 0.979. The summed E-state index contributed by atoms with van der Waals surface area (Å²) in [7, 11) is 0. The third-order valence-corrected chi connectivity index (χ3v) is 3.17. The van der Waals surface area contributed by atoms with Gasteiger partial charge in [0.1, 0.15) is 0 Å². The largest absolute Gasteiger partial charge is 0.374 e. The van der Waals surface area contributed by atoms with Crippen molar-refractivity contribution in [2.24, 2.45) is 5.73 Å². The van der Waals surface area contributed by atoms with Gasteiger partial charge in [-0.25, -0.2) is 0 Å². The standard InChI is InChI=1S/C15H24N2O/c1-15(2,3)18-9-8-17-11-13(16)10-12-6-4-5-7-14(12)17/h4-7,13H,8-11,16H2,1-3H3. The van der Waals surface area contributed by atoms with Gasteiger partial charge in [-0.2, -0.15) is 0 Å². The lowest BCUT2D eigenvalue weighted by atomic mass is 9.98. The number of nitrogens with zero attached hydrogens (tertiary/aromatic N) is 1. The highest BCUT2D eigenvalue weighted by atomic mass is 16.5. The molecule has 0 fully saturated rings. The highest BCUT2D eigenvalue weighted by molar-refractivity contribution is 5.56. The number of rotatable bonds is 3. The van der Waals surface area contributed by atoms with Crippen LogP contribution in [-0.4, -0.2) is 31.3 Å². The van der Waals surface area contributed by atoms with Crippen LogP contribution in [0, 0.1) is 0 Å². The highest BCUT2D eigenvalue weighted by Crippen LogP contribution is 2.26. The Hall–Kier alpha value is -1.06. The zero-order chi connectivity index (χ0) is 13.2. The first-order valence-electron chi connectivity index (χ1n) is 6.68. The highest BCUT2D eigenvalue weighted by Gasteiger charge is 2.21. The average molecular weight is 248 g/mol. The molecule has 1 aromatic rings. The summed E-state index contributed by atoms with van der Waals surface area (Å²) >= 11 is 0. The maximum absolute atomic E-state index is 6.12. The lowest BCUT2D eigenvalue weighted by Gasteiger charge is -2.35. The zero-order valence-corrected chi connectivity index (χ0v) is 11.6. The number of para-hydroxylation sites is 1. The van der Waals surface area contributed by atoms with E-state index >= 15 is 0 Å². The summed E-state index contributed by atoms with van der Waals surface area (Å²) in [6, 6.07) is 8.76. The first-order valence-corrected chi connectivity index (χ1v) is 6.68. The zero-order valence-electron chi connectivity index (χ0n) is 11.6. The van der Waals surface area contributed by atoms with Crippen LogP contribution in [-0.2, 0) is 11.2 Å². The fraction of sp³-hybridized carbons (Fsp3) is 0.600. The Morgan fingerprint density at radius 3 is 2.78 bits per heavy atom. The van der Waals surface area contributed by atoms with Crippen LogP contribution in [0.3, 0.4) is 0 Å². The van der Waals surface area contributed by atoms with E-state index in [0.29, 0.717) is 0 Å². The minimum absolute atomic E-state index is 0.0720. The number of benzene rings is 1. The monoisotopic (exact) mass is 248 g/mol. The molecule has 1 aliphatic rings. The number of fused-ring (bicyclic) bond motifs is 1. The molecule has 0 aliphatic carbocycles. The van der Waals surface area contributed by atoms with Gasteiger partial charge in [0.25, 0.3) is 0 Å². The topological polar surface area (TPSA) is 38.5 Å². The van der Waals surface area contributed by atoms with Crippen molar-refractivity contribution in [3.8, 4) is 0 Å². The second-order valence-electron chi connectivity index (χ2n) is 6.00. The number of ether oxygens (including phenoxy) is 1. The molecule has 1 aliphatic heterocycles. The number of hydrogen-bond acceptors (Lipinski definition) is 3. The Kier molecular flexibility index (Phi) is 3.93. The maximum Gasteiger partial charge on any atom is 0.0648 e. The summed E-state index contributed by atoms with van der Waals surface area (Å²) in [5.41, 5.74) is 8.71. The van der Waals surface area contributed by atoms with Crippen molar-refractivity contribution < 1.29 is 4.74 Å². The van der Waals surface area contributed by atoms with Gasteiger partial charge in [-0.05, 0) is 38.8 Å². The van der Waals surface area contributed by atoms with E-state index in [-0.39, 0.29) is 11.6 Å². The molecule has 0 bridgehead atoms. The SMILES string of the molecule is CC(C)(C)OCCN1CC(N)Cc2ccccc21. The normalized spacial score (nSPS) is 19.8. The van der Waals surface area contributed by atoms with Crippen molar-refractivity contribution >= 4 is 5.69 Å². The van der Waals surface area contributed by atoms with Crippen molar-refractivity contribution in [3.05, 3.63) is 29.8 Å². The van der Waals surface area contributed by atoms with Gasteiger partial charge in [0.15, 0.2) is 0 Å². The fourth-order valence-corrected chi connectivity index (χ4v) is 2.39. The van der Waals surface area contributed by atoms with E-state index in [1.165, 1.54) is 11.3 Å². The van der Waals surface area contributed by atoms with Crippen molar-refractivity contribution in [1.29, 1.82) is 0 Å². The lowest BCUT2D eigenvalue weighted by Crippen LogP contribution is -2.45. The Bertz CT molecular complexity index is 398. The lowest BCUT2D eigenvalue weighted by molar-refractivity contribution is 0.00123. The Labute approximate surface area is 110 Å². The van der Waals surface area contributed by atoms with E-state index in [1.54, 1.807) is 0 Å². The van der Waals surface area contributed by atoms with Crippen molar-refractivity contribution in [2.45, 2.75) is 38.8 Å². The van der Waals surface area contributed by atoms with Gasteiger partial charge < -0.3 is 15.4 Å². The molecule has 2 rings (SSSR count). The second-order valence-corrected chi connectivity index (χ2v) is 6.00. The summed E-state index contributed by atoms with van der Waals surface area (Å²) in [5.74, 6) is 0. The van der Waals surface area contributed by atoms with Gasteiger partial charge in [0.05, 0.1) is 12.2 Å². The van der Waals surface area contributed by atoms with E-state index < -0.39 is 0 Å². The molecule has 1 unspecified atom stereocenters. The molecule has 0 radical (unpaired) electrons. The molecule has 0 saturated carbocycles. The van der Waals surface area contributed by atoms with Crippen molar-refractivity contribution in [2.75, 3.05) is 24.6 Å². The molecule has 2 N–H and O–H groups in total. The number of hydrogen-bond donors (Lipinski definition) is 1. The molecule has 18 heavy (non-hydrogen) atoms. The second kappa shape index (κ2) is 5.29. The van der Waals surface area contributed by atoms with E-state index in [1.807, 2.05) is 0 Å². The fourth-order valence-electron chi connectivity index (χ4n) is 2.39. The molecule has 3 nitrogen and oxygen atoms in total. The van der Waals surface area contributed by atoms with Gasteiger partial charge in [0.2, 0.25) is 0 Å². The van der Waals surface area contributed by atoms with Gasteiger partial charge in [-0.1, -0.05) is 18.2 Å². The first kappa shape index (κ1) is 13.4. The molecule has 100 valence electrons. The van der Waals surface area contributed by atoms with Crippen LogP contribution in [0.1, 0.15) is 26.3 Å². The summed E-state index contributed by atoms with van der Waals surface area (Å²) in [5, 5.41) is 0. The number of anilines is 1. The van der Waals surface area contributed by atoms with Crippen LogP contribution in [0.4, 0.5) is 5.69 Å². The molecule has 1 heterocycles. The van der Waals surface area contributed by atoms with Crippen LogP contribution in [0.25, 0.3) is 0 Å². The van der Waals surface area contributed by atoms with Crippen LogP contribution in [0.15, 0.2) is 24.3 Å². The summed E-state index contributed by atoms with van der Waals surface area (Å²) in [6.45, 7) is 8.83. The van der Waals surface area contributed by atoms with Crippen LogP contribution in [0.2, 0.25) is 0 Å². The maximum atomic E-state index is 6.12. The molecule has 0 aromatic heterocycles. The third-order valence-electron chi connectivity index (χ3n) is 3.17. The van der Waals surface area contributed by atoms with Crippen LogP contribution >= 0.6 is 0 Å². The van der Waals surface area contributed by atoms with E-state index in [0.717, 1.165) is 26.1 Å². The minimum atomic E-state index is -0.0720. The smallest absolute Gasteiger partial charge is 0.0648 e.